The fourth-order valence-corrected chi connectivity index (χ4v) is 8.17. The molecule has 4 saturated carbocycles. The van der Waals surface area contributed by atoms with Gasteiger partial charge in [-0.2, -0.15) is 0 Å². The lowest BCUT2D eigenvalue weighted by Crippen LogP contribution is -2.45. The monoisotopic (exact) mass is 469 g/mol. The summed E-state index contributed by atoms with van der Waals surface area (Å²) >= 11 is 0. The van der Waals surface area contributed by atoms with E-state index in [9.17, 15) is 14.7 Å². The third-order valence-electron chi connectivity index (χ3n) is 9.51. The van der Waals surface area contributed by atoms with Crippen LogP contribution in [0, 0.1) is 34.9 Å². The Balaban J connectivity index is 1.26. The smallest absolute Gasteiger partial charge is 0.329 e. The van der Waals surface area contributed by atoms with Gasteiger partial charge >= 0.3 is 5.97 Å². The third kappa shape index (κ3) is 3.54. The summed E-state index contributed by atoms with van der Waals surface area (Å²) in [5.74, 6) is 0.986. The number of aliphatic carboxylic acids is 1. The van der Waals surface area contributed by atoms with Crippen molar-refractivity contribution < 1.29 is 23.8 Å². The summed E-state index contributed by atoms with van der Waals surface area (Å²) in [5.41, 5.74) is -0.0424. The summed E-state index contributed by atoms with van der Waals surface area (Å²) in [6, 6.07) is 3.07. The molecular formula is C28H36FNO4. The Hall–Kier alpha value is -2.11. The number of nitrogens with zero attached hydrogens (tertiary/aromatic N) is 1. The van der Waals surface area contributed by atoms with Crippen molar-refractivity contribution in [1.82, 2.24) is 4.90 Å². The minimum absolute atomic E-state index is 0.00127. The van der Waals surface area contributed by atoms with Gasteiger partial charge in [-0.25, -0.2) is 9.18 Å². The molecule has 1 amide bonds. The number of fused-ring (bicyclic) bond motifs is 3. The van der Waals surface area contributed by atoms with E-state index in [-0.39, 0.29) is 16.9 Å². The van der Waals surface area contributed by atoms with Crippen LogP contribution in [0.5, 0.6) is 5.75 Å². The molecule has 5 fully saturated rings. The number of likely N-dealkylation sites (tertiary alicyclic amines) is 1. The third-order valence-corrected chi connectivity index (χ3v) is 9.51. The molecule has 34 heavy (non-hydrogen) atoms. The maximum absolute atomic E-state index is 15.3. The maximum Gasteiger partial charge on any atom is 0.329 e. The van der Waals surface area contributed by atoms with E-state index in [2.05, 4.69) is 13.8 Å². The highest BCUT2D eigenvalue weighted by molar-refractivity contribution is 6.00. The number of rotatable bonds is 6. The van der Waals surface area contributed by atoms with E-state index < -0.39 is 23.2 Å². The zero-order valence-corrected chi connectivity index (χ0v) is 20.3. The van der Waals surface area contributed by atoms with E-state index in [1.807, 2.05) is 0 Å². The predicted molar refractivity (Wildman–Crippen MR) is 125 cm³/mol. The predicted octanol–water partition coefficient (Wildman–Crippen LogP) is 5.62. The summed E-state index contributed by atoms with van der Waals surface area (Å²) in [5, 5.41) is 9.74. The Kier molecular flexibility index (Phi) is 5.06. The van der Waals surface area contributed by atoms with Gasteiger partial charge in [0.1, 0.15) is 17.1 Å². The molecule has 1 N–H and O–H groups in total. The molecular weight excluding hydrogens is 433 g/mol. The Morgan fingerprint density at radius 3 is 2.41 bits per heavy atom. The second kappa shape index (κ2) is 7.69. The van der Waals surface area contributed by atoms with E-state index in [1.165, 1.54) is 43.1 Å². The molecule has 2 bridgehead atoms. The van der Waals surface area contributed by atoms with Crippen LogP contribution < -0.4 is 4.74 Å². The van der Waals surface area contributed by atoms with Gasteiger partial charge in [-0.1, -0.05) is 13.8 Å². The Labute approximate surface area is 201 Å². The fraction of sp³-hybridized carbons (Fsp3) is 0.714. The maximum atomic E-state index is 15.3. The molecule has 5 aliphatic rings. The highest BCUT2D eigenvalue weighted by Crippen LogP contribution is 2.57. The number of carbonyl (C=O) groups is 2. The number of carboxylic acids is 1. The largest absolute Gasteiger partial charge is 0.493 e. The van der Waals surface area contributed by atoms with Crippen LogP contribution in [-0.4, -0.2) is 40.6 Å². The van der Waals surface area contributed by atoms with E-state index >= 15 is 4.39 Å². The van der Waals surface area contributed by atoms with Crippen LogP contribution in [0.3, 0.4) is 0 Å². The average molecular weight is 470 g/mol. The van der Waals surface area contributed by atoms with Gasteiger partial charge in [-0.15, -0.1) is 0 Å². The zero-order chi connectivity index (χ0) is 23.8. The number of amides is 1. The molecule has 1 heterocycles. The van der Waals surface area contributed by atoms with Gasteiger partial charge in [0, 0.05) is 18.0 Å². The van der Waals surface area contributed by atoms with E-state index in [1.54, 1.807) is 6.07 Å². The van der Waals surface area contributed by atoms with Gasteiger partial charge in [0.2, 0.25) is 0 Å². The number of carbonyl (C=O) groups excluding carboxylic acids is 1. The molecule has 1 aliphatic heterocycles. The van der Waals surface area contributed by atoms with Crippen molar-refractivity contribution >= 4 is 11.9 Å². The van der Waals surface area contributed by atoms with E-state index in [0.29, 0.717) is 49.5 Å². The summed E-state index contributed by atoms with van der Waals surface area (Å²) in [6.45, 7) is 5.69. The Morgan fingerprint density at radius 2 is 1.79 bits per heavy atom. The Morgan fingerprint density at radius 1 is 1.09 bits per heavy atom. The SMILES string of the molecule is CC1CC2CC(C)CC(COc3cc(F)c(C(=O)N4CCC5CC54C(=O)O)cc3C3CC3)(C1)C2. The van der Waals surface area contributed by atoms with Gasteiger partial charge in [-0.05, 0) is 99.0 Å². The second-order valence-corrected chi connectivity index (χ2v) is 12.5. The second-order valence-electron chi connectivity index (χ2n) is 12.5. The number of halogens is 1. The molecule has 0 radical (unpaired) electrons. The van der Waals surface area contributed by atoms with Crippen LogP contribution in [0.15, 0.2) is 12.1 Å². The molecule has 4 unspecified atom stereocenters. The molecule has 1 aromatic rings. The first kappa shape index (κ1) is 22.4. The molecule has 6 heteroatoms. The van der Waals surface area contributed by atoms with Crippen LogP contribution >= 0.6 is 0 Å². The summed E-state index contributed by atoms with van der Waals surface area (Å²) in [4.78, 5) is 26.6. The van der Waals surface area contributed by atoms with Crippen LogP contribution in [0.4, 0.5) is 4.39 Å². The lowest BCUT2D eigenvalue weighted by atomic mass is 9.57. The molecule has 0 spiro atoms. The molecule has 1 aromatic carbocycles. The molecule has 0 aromatic heterocycles. The first-order valence-corrected chi connectivity index (χ1v) is 13.2. The molecule has 184 valence electrons. The average Bonchev–Trinajstić information content (AvgIpc) is 3.68. The number of benzene rings is 1. The number of piperidine rings is 1. The molecule has 6 rings (SSSR count). The van der Waals surface area contributed by atoms with Gasteiger partial charge in [-0.3, -0.25) is 4.79 Å². The van der Waals surface area contributed by atoms with Crippen molar-refractivity contribution in [2.24, 2.45) is 29.1 Å². The first-order valence-electron chi connectivity index (χ1n) is 13.2. The van der Waals surface area contributed by atoms with Gasteiger partial charge < -0.3 is 14.7 Å². The topological polar surface area (TPSA) is 66.8 Å². The van der Waals surface area contributed by atoms with Crippen LogP contribution in [0.25, 0.3) is 0 Å². The van der Waals surface area contributed by atoms with Gasteiger partial charge in [0.15, 0.2) is 0 Å². The van der Waals surface area contributed by atoms with Crippen molar-refractivity contribution in [3.05, 3.63) is 29.1 Å². The molecule has 4 aliphatic carbocycles. The molecule has 1 saturated heterocycles. The normalized spacial score (nSPS) is 38.4. The van der Waals surface area contributed by atoms with Crippen molar-refractivity contribution in [3.8, 4) is 5.75 Å². The van der Waals surface area contributed by atoms with Gasteiger partial charge in [0.05, 0.1) is 12.2 Å². The number of carboxylic acid groups (broad SMARTS) is 1. The highest BCUT2D eigenvalue weighted by Gasteiger charge is 2.69. The summed E-state index contributed by atoms with van der Waals surface area (Å²) < 4.78 is 21.8. The lowest BCUT2D eigenvalue weighted by molar-refractivity contribution is -0.143. The first-order chi connectivity index (χ1) is 16.2. The summed E-state index contributed by atoms with van der Waals surface area (Å²) in [7, 11) is 0. The van der Waals surface area contributed by atoms with E-state index in [4.69, 9.17) is 4.74 Å². The fourth-order valence-electron chi connectivity index (χ4n) is 8.17. The van der Waals surface area contributed by atoms with Crippen LogP contribution in [0.2, 0.25) is 0 Å². The van der Waals surface area contributed by atoms with Crippen molar-refractivity contribution in [2.45, 2.75) is 83.1 Å². The van der Waals surface area contributed by atoms with Crippen LogP contribution in [-0.2, 0) is 4.79 Å². The molecule has 4 atom stereocenters. The lowest BCUT2D eigenvalue weighted by Gasteiger charge is -2.49. The van der Waals surface area contributed by atoms with Crippen molar-refractivity contribution in [1.29, 1.82) is 0 Å². The standard InChI is InChI=1S/C28H36FNO4/c1-16-7-18-8-17(2)12-27(11-16,13-18)15-34-24-10-23(29)22(9-21(24)19-3-4-19)25(31)30-6-5-20-14-28(20,30)26(32)33/h9-10,16-20H,3-8,11-15H2,1-2H3,(H,32,33). The van der Waals surface area contributed by atoms with Crippen molar-refractivity contribution in [3.63, 3.8) is 0 Å². The van der Waals surface area contributed by atoms with Crippen molar-refractivity contribution in [2.75, 3.05) is 13.2 Å². The molecule has 5 nitrogen and oxygen atoms in total. The van der Waals surface area contributed by atoms with E-state index in [0.717, 1.165) is 24.3 Å². The highest BCUT2D eigenvalue weighted by atomic mass is 19.1. The van der Waals surface area contributed by atoms with Crippen LogP contribution in [0.1, 0.15) is 93.5 Å². The van der Waals surface area contributed by atoms with Gasteiger partial charge in [0.25, 0.3) is 5.91 Å². The Bertz CT molecular complexity index is 1020. The minimum atomic E-state index is -1.12. The minimum Gasteiger partial charge on any atom is -0.493 e. The quantitative estimate of drug-likeness (QED) is 0.587. The summed E-state index contributed by atoms with van der Waals surface area (Å²) in [6.07, 6.45) is 9.33. The number of hydrogen-bond acceptors (Lipinski definition) is 3. The number of hydrogen-bond donors (Lipinski definition) is 1. The number of ether oxygens (including phenoxy) is 1. The zero-order valence-electron chi connectivity index (χ0n) is 20.3.